The van der Waals surface area contributed by atoms with E-state index in [2.05, 4.69) is 21.2 Å². The second-order valence-corrected chi connectivity index (χ2v) is 6.40. The van der Waals surface area contributed by atoms with Crippen molar-refractivity contribution in [2.45, 2.75) is 11.1 Å². The summed E-state index contributed by atoms with van der Waals surface area (Å²) < 4.78 is 38.5. The molecule has 1 N–H and O–H groups in total. The average molecular weight is 376 g/mol. The zero-order valence-corrected chi connectivity index (χ0v) is 13.4. The standard InChI is InChI=1S/C15H13BrF3NS/c16-12-8-11(15(17,18)19)9-13(10-12)20-6-7-21-14-4-2-1-3-5-14/h1-5,8-10,20H,6-7H2. The van der Waals surface area contributed by atoms with E-state index in [-0.39, 0.29) is 0 Å². The van der Waals surface area contributed by atoms with Crippen LogP contribution in [-0.2, 0) is 6.18 Å². The fraction of sp³-hybridized carbons (Fsp3) is 0.200. The lowest BCUT2D eigenvalue weighted by Gasteiger charge is -2.11. The number of thioether (sulfide) groups is 1. The predicted octanol–water partition coefficient (Wildman–Crippen LogP) is 5.67. The van der Waals surface area contributed by atoms with Gasteiger partial charge >= 0.3 is 6.18 Å². The van der Waals surface area contributed by atoms with Gasteiger partial charge in [0.2, 0.25) is 0 Å². The number of hydrogen-bond donors (Lipinski definition) is 1. The summed E-state index contributed by atoms with van der Waals surface area (Å²) in [6.45, 7) is 0.591. The summed E-state index contributed by atoms with van der Waals surface area (Å²) in [6, 6.07) is 13.7. The summed E-state index contributed by atoms with van der Waals surface area (Å²) >= 11 is 4.76. The highest BCUT2D eigenvalue weighted by molar-refractivity contribution is 9.10. The molecule has 0 saturated heterocycles. The average Bonchev–Trinajstić information content (AvgIpc) is 2.43. The van der Waals surface area contributed by atoms with E-state index in [1.165, 1.54) is 0 Å². The van der Waals surface area contributed by atoms with E-state index in [1.54, 1.807) is 17.8 Å². The van der Waals surface area contributed by atoms with Crippen molar-refractivity contribution in [2.75, 3.05) is 17.6 Å². The summed E-state index contributed by atoms with van der Waals surface area (Å²) in [5.41, 5.74) is -0.194. The Morgan fingerprint density at radius 1 is 1.05 bits per heavy atom. The van der Waals surface area contributed by atoms with Crippen LogP contribution in [0, 0.1) is 0 Å². The normalized spacial score (nSPS) is 11.4. The van der Waals surface area contributed by atoms with Crippen molar-refractivity contribution in [1.82, 2.24) is 0 Å². The molecule has 0 radical (unpaired) electrons. The topological polar surface area (TPSA) is 12.0 Å². The number of hydrogen-bond acceptors (Lipinski definition) is 2. The van der Waals surface area contributed by atoms with Crippen LogP contribution in [0.2, 0.25) is 0 Å². The van der Waals surface area contributed by atoms with Gasteiger partial charge in [0.05, 0.1) is 5.56 Å². The minimum Gasteiger partial charge on any atom is -0.384 e. The second-order valence-electron chi connectivity index (χ2n) is 4.31. The van der Waals surface area contributed by atoms with E-state index >= 15 is 0 Å². The number of rotatable bonds is 5. The first kappa shape index (κ1) is 16.2. The molecule has 1 nitrogen and oxygen atoms in total. The van der Waals surface area contributed by atoms with E-state index in [9.17, 15) is 13.2 Å². The molecule has 112 valence electrons. The predicted molar refractivity (Wildman–Crippen MR) is 84.8 cm³/mol. The first-order valence-corrected chi connectivity index (χ1v) is 8.02. The molecule has 2 aromatic carbocycles. The van der Waals surface area contributed by atoms with Crippen molar-refractivity contribution < 1.29 is 13.2 Å². The molecule has 0 fully saturated rings. The minimum atomic E-state index is -4.33. The van der Waals surface area contributed by atoms with Gasteiger partial charge in [-0.15, -0.1) is 11.8 Å². The molecule has 0 atom stereocenters. The van der Waals surface area contributed by atoms with Gasteiger partial charge < -0.3 is 5.32 Å². The summed E-state index contributed by atoms with van der Waals surface area (Å²) in [5, 5.41) is 3.02. The molecule has 21 heavy (non-hydrogen) atoms. The monoisotopic (exact) mass is 375 g/mol. The molecule has 0 heterocycles. The molecule has 0 unspecified atom stereocenters. The lowest BCUT2D eigenvalue weighted by molar-refractivity contribution is -0.137. The van der Waals surface area contributed by atoms with Crippen molar-refractivity contribution in [2.24, 2.45) is 0 Å². The summed E-state index contributed by atoms with van der Waals surface area (Å²) in [7, 11) is 0. The molecule has 6 heteroatoms. The Balaban J connectivity index is 1.90. The molecular formula is C15H13BrF3NS. The lowest BCUT2D eigenvalue weighted by atomic mass is 10.2. The van der Waals surface area contributed by atoms with Crippen LogP contribution in [0.4, 0.5) is 18.9 Å². The maximum atomic E-state index is 12.7. The molecule has 0 aliphatic rings. The van der Waals surface area contributed by atoms with Crippen molar-refractivity contribution in [3.8, 4) is 0 Å². The zero-order chi connectivity index (χ0) is 15.3. The van der Waals surface area contributed by atoms with Gasteiger partial charge in [0.25, 0.3) is 0 Å². The first-order valence-electron chi connectivity index (χ1n) is 6.25. The van der Waals surface area contributed by atoms with E-state index in [0.717, 1.165) is 22.8 Å². The highest BCUT2D eigenvalue weighted by Gasteiger charge is 2.31. The van der Waals surface area contributed by atoms with Crippen LogP contribution in [0.25, 0.3) is 0 Å². The quantitative estimate of drug-likeness (QED) is 0.533. The molecule has 0 bridgehead atoms. The molecule has 0 spiro atoms. The molecule has 0 amide bonds. The van der Waals surface area contributed by atoms with E-state index < -0.39 is 11.7 Å². The van der Waals surface area contributed by atoms with Gasteiger partial charge in [-0.1, -0.05) is 34.1 Å². The summed E-state index contributed by atoms with van der Waals surface area (Å²) in [4.78, 5) is 1.14. The molecule has 0 aliphatic heterocycles. The van der Waals surface area contributed by atoms with Crippen LogP contribution in [0.3, 0.4) is 0 Å². The van der Waals surface area contributed by atoms with Gasteiger partial charge in [-0.2, -0.15) is 13.2 Å². The number of nitrogens with one attached hydrogen (secondary N) is 1. The number of halogens is 4. The van der Waals surface area contributed by atoms with Crippen LogP contribution < -0.4 is 5.32 Å². The van der Waals surface area contributed by atoms with Gasteiger partial charge in [0.15, 0.2) is 0 Å². The van der Waals surface area contributed by atoms with E-state index in [1.807, 2.05) is 30.3 Å². The second kappa shape index (κ2) is 7.22. The van der Waals surface area contributed by atoms with Crippen molar-refractivity contribution >= 4 is 33.4 Å². The Morgan fingerprint density at radius 2 is 1.76 bits per heavy atom. The third kappa shape index (κ3) is 5.28. The molecule has 2 rings (SSSR count). The molecule has 0 aromatic heterocycles. The lowest BCUT2D eigenvalue weighted by Crippen LogP contribution is -2.08. The van der Waals surface area contributed by atoms with Crippen LogP contribution in [0.5, 0.6) is 0 Å². The highest BCUT2D eigenvalue weighted by Crippen LogP contribution is 2.33. The van der Waals surface area contributed by atoms with Gasteiger partial charge in [-0.25, -0.2) is 0 Å². The third-order valence-electron chi connectivity index (χ3n) is 2.67. The fourth-order valence-electron chi connectivity index (χ4n) is 1.74. The van der Waals surface area contributed by atoms with Gasteiger partial charge in [0.1, 0.15) is 0 Å². The largest absolute Gasteiger partial charge is 0.416 e. The fourth-order valence-corrected chi connectivity index (χ4v) is 3.02. The van der Waals surface area contributed by atoms with E-state index in [4.69, 9.17) is 0 Å². The molecule has 0 saturated carbocycles. The Labute approximate surface area is 134 Å². The first-order chi connectivity index (χ1) is 9.95. The van der Waals surface area contributed by atoms with Gasteiger partial charge in [-0.3, -0.25) is 0 Å². The molecular weight excluding hydrogens is 363 g/mol. The minimum absolute atomic E-state index is 0.413. The van der Waals surface area contributed by atoms with E-state index in [0.29, 0.717) is 16.7 Å². The maximum absolute atomic E-state index is 12.7. The van der Waals surface area contributed by atoms with Crippen molar-refractivity contribution in [1.29, 1.82) is 0 Å². The number of benzene rings is 2. The molecule has 2 aromatic rings. The third-order valence-corrected chi connectivity index (χ3v) is 4.14. The van der Waals surface area contributed by atoms with Crippen LogP contribution in [-0.4, -0.2) is 12.3 Å². The Kier molecular flexibility index (Phi) is 5.58. The highest BCUT2D eigenvalue weighted by atomic mass is 79.9. The van der Waals surface area contributed by atoms with Crippen LogP contribution in [0.1, 0.15) is 5.56 Å². The Hall–Kier alpha value is -1.14. The van der Waals surface area contributed by atoms with Gasteiger partial charge in [0, 0.05) is 27.4 Å². The summed E-state index contributed by atoms with van der Waals surface area (Å²) in [5.74, 6) is 0.776. The van der Waals surface area contributed by atoms with Crippen molar-refractivity contribution in [3.05, 3.63) is 58.6 Å². The van der Waals surface area contributed by atoms with Gasteiger partial charge in [-0.05, 0) is 30.3 Å². The number of alkyl halides is 3. The Morgan fingerprint density at radius 3 is 2.43 bits per heavy atom. The smallest absolute Gasteiger partial charge is 0.384 e. The SMILES string of the molecule is FC(F)(F)c1cc(Br)cc(NCCSc2ccccc2)c1. The van der Waals surface area contributed by atoms with Crippen molar-refractivity contribution in [3.63, 3.8) is 0 Å². The zero-order valence-electron chi connectivity index (χ0n) is 11.0. The van der Waals surface area contributed by atoms with Crippen LogP contribution >= 0.6 is 27.7 Å². The number of anilines is 1. The summed E-state index contributed by atoms with van der Waals surface area (Å²) in [6.07, 6.45) is -4.33. The molecule has 0 aliphatic carbocycles. The maximum Gasteiger partial charge on any atom is 0.416 e. The van der Waals surface area contributed by atoms with Crippen LogP contribution in [0.15, 0.2) is 57.9 Å². The Bertz CT molecular complexity index is 587.